The molecular formula is C12H18NO3PS. The molecule has 0 aliphatic rings. The molecule has 6 heteroatoms. The molecule has 100 valence electrons. The zero-order chi connectivity index (χ0) is 13.4. The normalized spacial score (nSPS) is 12.7. The van der Waals surface area contributed by atoms with E-state index in [4.69, 9.17) is 9.05 Å². The van der Waals surface area contributed by atoms with Gasteiger partial charge in [-0.25, -0.2) is 4.99 Å². The van der Waals surface area contributed by atoms with Crippen LogP contribution in [-0.4, -0.2) is 24.3 Å². The average Bonchev–Trinajstić information content (AvgIpc) is 2.37. The van der Waals surface area contributed by atoms with Gasteiger partial charge in [0.2, 0.25) is 0 Å². The Hall–Kier alpha value is -0.610. The maximum atomic E-state index is 12.6. The van der Waals surface area contributed by atoms with Crippen molar-refractivity contribution < 1.29 is 13.6 Å². The molecule has 0 heterocycles. The second-order valence-corrected chi connectivity index (χ2v) is 6.30. The van der Waals surface area contributed by atoms with Crippen molar-refractivity contribution in [3.8, 4) is 0 Å². The van der Waals surface area contributed by atoms with E-state index in [0.29, 0.717) is 18.0 Å². The molecule has 0 unspecified atom stereocenters. The molecule has 1 rings (SSSR count). The lowest BCUT2D eigenvalue weighted by Gasteiger charge is -2.17. The first-order valence-corrected chi connectivity index (χ1v) is 8.50. The summed E-state index contributed by atoms with van der Waals surface area (Å²) in [5, 5.41) is 0. The minimum atomic E-state index is -3.28. The van der Waals surface area contributed by atoms with Gasteiger partial charge in [0.25, 0.3) is 0 Å². The molecule has 0 aliphatic carbocycles. The van der Waals surface area contributed by atoms with Crippen molar-refractivity contribution in [3.05, 3.63) is 30.3 Å². The van der Waals surface area contributed by atoms with Crippen LogP contribution in [0, 0.1) is 0 Å². The molecule has 0 amide bonds. The molecule has 0 radical (unpaired) electrons. The largest absolute Gasteiger partial charge is 0.386 e. The van der Waals surface area contributed by atoms with Gasteiger partial charge in [-0.2, -0.15) is 0 Å². The van der Waals surface area contributed by atoms with Crippen LogP contribution >= 0.6 is 19.4 Å². The zero-order valence-corrected chi connectivity index (χ0v) is 12.5. The highest BCUT2D eigenvalue weighted by molar-refractivity contribution is 8.25. The van der Waals surface area contributed by atoms with Gasteiger partial charge >= 0.3 is 7.60 Å². The second-order valence-electron chi connectivity index (χ2n) is 3.27. The molecule has 1 aromatic rings. The highest BCUT2D eigenvalue weighted by Gasteiger charge is 2.31. The smallest absolute Gasteiger partial charge is 0.304 e. The van der Waals surface area contributed by atoms with Crippen molar-refractivity contribution in [1.82, 2.24) is 0 Å². The van der Waals surface area contributed by atoms with Gasteiger partial charge in [-0.05, 0) is 32.2 Å². The molecule has 0 aliphatic heterocycles. The number of hydrogen-bond donors (Lipinski definition) is 0. The highest BCUT2D eigenvalue weighted by atomic mass is 32.2. The first-order chi connectivity index (χ1) is 8.66. The van der Waals surface area contributed by atoms with Gasteiger partial charge in [0, 0.05) is 0 Å². The van der Waals surface area contributed by atoms with Crippen LogP contribution in [0.5, 0.6) is 0 Å². The summed E-state index contributed by atoms with van der Waals surface area (Å²) in [7, 11) is -3.28. The monoisotopic (exact) mass is 287 g/mol. The van der Waals surface area contributed by atoms with Gasteiger partial charge in [-0.3, -0.25) is 4.57 Å². The first-order valence-electron chi connectivity index (χ1n) is 5.73. The van der Waals surface area contributed by atoms with E-state index >= 15 is 0 Å². The van der Waals surface area contributed by atoms with Crippen molar-refractivity contribution >= 4 is 29.8 Å². The fraction of sp³-hybridized carbons (Fsp3) is 0.417. The van der Waals surface area contributed by atoms with E-state index in [-0.39, 0.29) is 0 Å². The quantitative estimate of drug-likeness (QED) is 0.444. The Labute approximate surface area is 112 Å². The molecule has 0 spiro atoms. The van der Waals surface area contributed by atoms with Crippen LogP contribution < -0.4 is 0 Å². The fourth-order valence-corrected chi connectivity index (χ4v) is 3.94. The molecule has 0 atom stereocenters. The van der Waals surface area contributed by atoms with Gasteiger partial charge < -0.3 is 9.05 Å². The number of para-hydroxylation sites is 1. The minimum absolute atomic E-state index is 0.325. The van der Waals surface area contributed by atoms with E-state index in [1.165, 1.54) is 11.8 Å². The number of aliphatic imine (C=N–C) groups is 1. The highest BCUT2D eigenvalue weighted by Crippen LogP contribution is 2.53. The van der Waals surface area contributed by atoms with Crippen LogP contribution in [0.1, 0.15) is 13.8 Å². The van der Waals surface area contributed by atoms with Gasteiger partial charge in [-0.15, -0.1) is 11.8 Å². The third kappa shape index (κ3) is 4.25. The number of thioether (sulfide) groups is 1. The predicted octanol–water partition coefficient (Wildman–Crippen LogP) is 4.30. The zero-order valence-electron chi connectivity index (χ0n) is 10.8. The van der Waals surface area contributed by atoms with Crippen LogP contribution in [0.15, 0.2) is 35.3 Å². The van der Waals surface area contributed by atoms with Crippen molar-refractivity contribution in [2.75, 3.05) is 19.5 Å². The van der Waals surface area contributed by atoms with Crippen LogP contribution in [0.3, 0.4) is 0 Å². The molecule has 0 fully saturated rings. The molecule has 1 aromatic carbocycles. The molecule has 0 saturated heterocycles. The third-order valence-corrected chi connectivity index (χ3v) is 5.44. The first kappa shape index (κ1) is 15.4. The lowest BCUT2D eigenvalue weighted by Crippen LogP contribution is -2.03. The Morgan fingerprint density at radius 2 is 1.78 bits per heavy atom. The third-order valence-electron chi connectivity index (χ3n) is 2.00. The summed E-state index contributed by atoms with van der Waals surface area (Å²) in [5.74, 6) is 0. The maximum Gasteiger partial charge on any atom is 0.386 e. The summed E-state index contributed by atoms with van der Waals surface area (Å²) >= 11 is 1.29. The standard InChI is InChI=1S/C12H18NO3PS/c1-4-15-17(14,16-5-2)12(18-3)13-11-9-7-6-8-10-11/h6-10H,4-5H2,1-3H3. The summed E-state index contributed by atoms with van der Waals surface area (Å²) in [6, 6.07) is 9.35. The fourth-order valence-electron chi connectivity index (χ4n) is 1.32. The molecule has 4 nitrogen and oxygen atoms in total. The Bertz CT molecular complexity index is 426. The van der Waals surface area contributed by atoms with Gasteiger partial charge in [0.15, 0.2) is 4.78 Å². The Kier molecular flexibility index (Phi) is 6.65. The summed E-state index contributed by atoms with van der Waals surface area (Å²) in [5.41, 5.74) is 0.737. The predicted molar refractivity (Wildman–Crippen MR) is 77.9 cm³/mol. The Balaban J connectivity index is 3.06. The van der Waals surface area contributed by atoms with Gasteiger partial charge in [0.1, 0.15) is 0 Å². The molecule has 18 heavy (non-hydrogen) atoms. The number of benzene rings is 1. The lowest BCUT2D eigenvalue weighted by molar-refractivity contribution is 0.233. The van der Waals surface area contributed by atoms with Crippen molar-refractivity contribution in [3.63, 3.8) is 0 Å². The van der Waals surface area contributed by atoms with E-state index in [9.17, 15) is 4.57 Å². The summed E-state index contributed by atoms with van der Waals surface area (Å²) in [6.07, 6.45) is 1.81. The molecular weight excluding hydrogens is 269 g/mol. The van der Waals surface area contributed by atoms with Gasteiger partial charge in [0.05, 0.1) is 18.9 Å². The van der Waals surface area contributed by atoms with Crippen molar-refractivity contribution in [2.24, 2.45) is 4.99 Å². The molecule has 0 bridgehead atoms. The van der Waals surface area contributed by atoms with E-state index in [1.807, 2.05) is 36.6 Å². The number of nitrogens with zero attached hydrogens (tertiary/aromatic N) is 1. The van der Waals surface area contributed by atoms with Gasteiger partial charge in [-0.1, -0.05) is 18.2 Å². The van der Waals surface area contributed by atoms with E-state index in [0.717, 1.165) is 5.69 Å². The Morgan fingerprint density at radius 1 is 1.22 bits per heavy atom. The molecule has 0 N–H and O–H groups in total. The maximum absolute atomic E-state index is 12.6. The van der Waals surface area contributed by atoms with Crippen molar-refractivity contribution in [1.29, 1.82) is 0 Å². The van der Waals surface area contributed by atoms with E-state index in [1.54, 1.807) is 13.8 Å². The lowest BCUT2D eigenvalue weighted by atomic mass is 10.3. The van der Waals surface area contributed by atoms with Crippen LogP contribution in [0.2, 0.25) is 0 Å². The average molecular weight is 287 g/mol. The summed E-state index contributed by atoms with van der Waals surface area (Å²) < 4.78 is 23.1. The molecule has 0 aromatic heterocycles. The van der Waals surface area contributed by atoms with Crippen LogP contribution in [-0.2, 0) is 13.6 Å². The summed E-state index contributed by atoms with van der Waals surface area (Å²) in [4.78, 5) is 4.74. The Morgan fingerprint density at radius 3 is 2.22 bits per heavy atom. The van der Waals surface area contributed by atoms with Crippen molar-refractivity contribution in [2.45, 2.75) is 13.8 Å². The second kappa shape index (κ2) is 7.74. The summed E-state index contributed by atoms with van der Waals surface area (Å²) in [6.45, 7) is 4.22. The minimum Gasteiger partial charge on any atom is -0.304 e. The van der Waals surface area contributed by atoms with E-state index < -0.39 is 7.60 Å². The van der Waals surface area contributed by atoms with Crippen LogP contribution in [0.25, 0.3) is 0 Å². The van der Waals surface area contributed by atoms with E-state index in [2.05, 4.69) is 4.99 Å². The van der Waals surface area contributed by atoms with Crippen LogP contribution in [0.4, 0.5) is 5.69 Å². The topological polar surface area (TPSA) is 47.9 Å². The number of rotatable bonds is 6. The molecule has 0 saturated carbocycles. The number of hydrogen-bond acceptors (Lipinski definition) is 5. The SMILES string of the molecule is CCOP(=O)(OCC)C(=Nc1ccccc1)SC.